The van der Waals surface area contributed by atoms with Crippen LogP contribution < -0.4 is 4.31 Å². The second-order valence-electron chi connectivity index (χ2n) is 5.51. The maximum Gasteiger partial charge on any atom is 0.337 e. The Balaban J connectivity index is 2.29. The number of carbonyl (C=O) groups excluding carboxylic acids is 1. The minimum Gasteiger partial charge on any atom is -0.465 e. The van der Waals surface area contributed by atoms with Crippen LogP contribution in [0.3, 0.4) is 0 Å². The highest BCUT2D eigenvalue weighted by Gasteiger charge is 2.22. The molecule has 0 saturated carbocycles. The number of aryl methyl sites for hydroxylation is 2. The standard InChI is InChI=1S/C17H22N2O2S/c1-4-6-12-11-18-7-8-22-19(5-2)15-10-13(17(20)21-3)9-14(12)16(15)18/h9-11H,4-8H2,1-3H3. The molecule has 0 aliphatic carbocycles. The second kappa shape index (κ2) is 6.24. The van der Waals surface area contributed by atoms with E-state index in [4.69, 9.17) is 4.74 Å². The van der Waals surface area contributed by atoms with Gasteiger partial charge in [0.2, 0.25) is 0 Å². The molecule has 4 nitrogen and oxygen atoms in total. The van der Waals surface area contributed by atoms with Crippen LogP contribution in [0.5, 0.6) is 0 Å². The number of methoxy groups -OCH3 is 1. The average Bonchev–Trinajstić information content (AvgIpc) is 2.77. The molecule has 0 saturated heterocycles. The van der Waals surface area contributed by atoms with E-state index >= 15 is 0 Å². The molecule has 1 aromatic carbocycles. The van der Waals surface area contributed by atoms with Gasteiger partial charge in [0.15, 0.2) is 0 Å². The van der Waals surface area contributed by atoms with Gasteiger partial charge in [-0.1, -0.05) is 13.3 Å². The van der Waals surface area contributed by atoms with Crippen LogP contribution in [0.4, 0.5) is 5.69 Å². The van der Waals surface area contributed by atoms with Crippen LogP contribution in [-0.4, -0.2) is 29.9 Å². The molecule has 5 heteroatoms. The smallest absolute Gasteiger partial charge is 0.337 e. The molecule has 0 N–H and O–H groups in total. The number of esters is 1. The summed E-state index contributed by atoms with van der Waals surface area (Å²) in [7, 11) is 1.44. The van der Waals surface area contributed by atoms with Crippen LogP contribution in [0.2, 0.25) is 0 Å². The summed E-state index contributed by atoms with van der Waals surface area (Å²) in [6, 6.07) is 3.97. The number of benzene rings is 1. The highest BCUT2D eigenvalue weighted by atomic mass is 32.2. The monoisotopic (exact) mass is 318 g/mol. The third-order valence-electron chi connectivity index (χ3n) is 4.11. The van der Waals surface area contributed by atoms with Crippen LogP contribution in [0.15, 0.2) is 18.3 Å². The van der Waals surface area contributed by atoms with Gasteiger partial charge < -0.3 is 13.6 Å². The van der Waals surface area contributed by atoms with E-state index in [0.29, 0.717) is 5.56 Å². The van der Waals surface area contributed by atoms with E-state index in [1.165, 1.54) is 23.6 Å². The number of aromatic nitrogens is 1. The van der Waals surface area contributed by atoms with Gasteiger partial charge in [-0.25, -0.2) is 4.79 Å². The molecule has 2 aromatic rings. The molecule has 1 aromatic heterocycles. The molecule has 0 radical (unpaired) electrons. The summed E-state index contributed by atoms with van der Waals surface area (Å²) in [4.78, 5) is 12.0. The van der Waals surface area contributed by atoms with E-state index in [-0.39, 0.29) is 5.97 Å². The predicted octanol–water partition coefficient (Wildman–Crippen LogP) is 3.87. The third-order valence-corrected chi connectivity index (χ3v) is 5.24. The first-order valence-corrected chi connectivity index (χ1v) is 8.78. The normalized spacial score (nSPS) is 14.2. The molecule has 3 rings (SSSR count). The SMILES string of the molecule is CCCc1cn2c3c(cc(C(=O)OC)cc13)N(CC)SCC2. The number of hydrogen-bond acceptors (Lipinski definition) is 4. The van der Waals surface area contributed by atoms with Crippen molar-refractivity contribution in [2.45, 2.75) is 33.2 Å². The average molecular weight is 318 g/mol. The lowest BCUT2D eigenvalue weighted by atomic mass is 10.0. The van der Waals surface area contributed by atoms with Gasteiger partial charge in [0.05, 0.1) is 23.9 Å². The minimum atomic E-state index is -0.265. The van der Waals surface area contributed by atoms with E-state index in [1.54, 1.807) is 0 Å². The van der Waals surface area contributed by atoms with Crippen LogP contribution in [-0.2, 0) is 17.7 Å². The van der Waals surface area contributed by atoms with Gasteiger partial charge in [-0.3, -0.25) is 0 Å². The van der Waals surface area contributed by atoms with E-state index in [0.717, 1.165) is 37.4 Å². The molecule has 0 unspecified atom stereocenters. The summed E-state index contributed by atoms with van der Waals surface area (Å²) >= 11 is 1.83. The Hall–Kier alpha value is -1.62. The number of rotatable bonds is 4. The minimum absolute atomic E-state index is 0.265. The molecule has 0 spiro atoms. The van der Waals surface area contributed by atoms with Crippen molar-refractivity contribution >= 4 is 34.5 Å². The molecule has 0 atom stereocenters. The second-order valence-corrected chi connectivity index (χ2v) is 6.62. The van der Waals surface area contributed by atoms with Crippen molar-refractivity contribution in [2.24, 2.45) is 0 Å². The molecule has 118 valence electrons. The zero-order chi connectivity index (χ0) is 15.7. The third kappa shape index (κ3) is 2.47. The molecular formula is C17H22N2O2S. The molecule has 1 aliphatic rings. The van der Waals surface area contributed by atoms with Crippen LogP contribution >= 0.6 is 11.9 Å². The summed E-state index contributed by atoms with van der Waals surface area (Å²) in [5.74, 6) is 0.782. The largest absolute Gasteiger partial charge is 0.465 e. The van der Waals surface area contributed by atoms with Gasteiger partial charge in [-0.15, -0.1) is 0 Å². The number of nitrogens with zero attached hydrogens (tertiary/aromatic N) is 2. The highest BCUT2D eigenvalue weighted by molar-refractivity contribution is 8.00. The Morgan fingerprint density at radius 3 is 2.86 bits per heavy atom. The van der Waals surface area contributed by atoms with Crippen molar-refractivity contribution in [3.8, 4) is 0 Å². The van der Waals surface area contributed by atoms with Gasteiger partial charge in [0, 0.05) is 30.4 Å². The van der Waals surface area contributed by atoms with E-state index in [2.05, 4.69) is 28.9 Å². The van der Waals surface area contributed by atoms with Crippen molar-refractivity contribution < 1.29 is 9.53 Å². The lowest BCUT2D eigenvalue weighted by molar-refractivity contribution is 0.0601. The zero-order valence-electron chi connectivity index (χ0n) is 13.4. The first-order valence-electron chi connectivity index (χ1n) is 7.84. The maximum atomic E-state index is 12.0. The highest BCUT2D eigenvalue weighted by Crippen LogP contribution is 2.38. The summed E-state index contributed by atoms with van der Waals surface area (Å²) in [6.07, 6.45) is 4.40. The molecular weight excluding hydrogens is 296 g/mol. The fourth-order valence-electron chi connectivity index (χ4n) is 3.14. The van der Waals surface area contributed by atoms with Gasteiger partial charge in [0.1, 0.15) is 0 Å². The van der Waals surface area contributed by atoms with Gasteiger partial charge in [-0.05, 0) is 43.0 Å². The fraction of sp³-hybridized carbons (Fsp3) is 0.471. The number of carbonyl (C=O) groups is 1. The van der Waals surface area contributed by atoms with Gasteiger partial charge in [0.25, 0.3) is 0 Å². The molecule has 2 heterocycles. The Morgan fingerprint density at radius 1 is 1.36 bits per heavy atom. The van der Waals surface area contributed by atoms with Gasteiger partial charge >= 0.3 is 5.97 Å². The first-order chi connectivity index (χ1) is 10.7. The Labute approximate surface area is 135 Å². The molecule has 0 bridgehead atoms. The summed E-state index contributed by atoms with van der Waals surface area (Å²) in [5.41, 5.74) is 4.35. The van der Waals surface area contributed by atoms with E-state index in [9.17, 15) is 4.79 Å². The molecule has 0 fully saturated rings. The Bertz CT molecular complexity index is 708. The van der Waals surface area contributed by atoms with Crippen LogP contribution in [0.25, 0.3) is 10.9 Å². The molecule has 22 heavy (non-hydrogen) atoms. The lowest BCUT2D eigenvalue weighted by Crippen LogP contribution is -2.14. The quantitative estimate of drug-likeness (QED) is 0.633. The number of ether oxygens (including phenoxy) is 1. The van der Waals surface area contributed by atoms with Gasteiger partial charge in [-0.2, -0.15) is 0 Å². The van der Waals surface area contributed by atoms with Crippen LogP contribution in [0.1, 0.15) is 36.2 Å². The van der Waals surface area contributed by atoms with Crippen molar-refractivity contribution in [3.05, 3.63) is 29.5 Å². The van der Waals surface area contributed by atoms with Crippen molar-refractivity contribution in [2.75, 3.05) is 23.7 Å². The van der Waals surface area contributed by atoms with Crippen molar-refractivity contribution in [1.29, 1.82) is 0 Å². The summed E-state index contributed by atoms with van der Waals surface area (Å²) in [6.45, 7) is 6.26. The number of hydrogen-bond donors (Lipinski definition) is 0. The summed E-state index contributed by atoms with van der Waals surface area (Å²) in [5, 5.41) is 1.20. The lowest BCUT2D eigenvalue weighted by Gasteiger charge is -2.21. The zero-order valence-corrected chi connectivity index (χ0v) is 14.2. The summed E-state index contributed by atoms with van der Waals surface area (Å²) < 4.78 is 9.57. The van der Waals surface area contributed by atoms with Crippen LogP contribution in [0, 0.1) is 0 Å². The maximum absolute atomic E-state index is 12.0. The van der Waals surface area contributed by atoms with Crippen molar-refractivity contribution in [1.82, 2.24) is 4.57 Å². The fourth-order valence-corrected chi connectivity index (χ4v) is 4.10. The first kappa shape index (κ1) is 15.3. The number of anilines is 1. The Kier molecular flexibility index (Phi) is 4.34. The van der Waals surface area contributed by atoms with E-state index in [1.807, 2.05) is 24.1 Å². The van der Waals surface area contributed by atoms with Crippen molar-refractivity contribution in [3.63, 3.8) is 0 Å². The molecule has 0 amide bonds. The topological polar surface area (TPSA) is 34.5 Å². The van der Waals surface area contributed by atoms with E-state index < -0.39 is 0 Å². The Morgan fingerprint density at radius 2 is 2.18 bits per heavy atom. The molecule has 1 aliphatic heterocycles. The predicted molar refractivity (Wildman–Crippen MR) is 92.8 cm³/mol.